The van der Waals surface area contributed by atoms with Crippen molar-refractivity contribution in [3.05, 3.63) is 46.7 Å². The van der Waals surface area contributed by atoms with E-state index < -0.39 is 11.7 Å². The summed E-state index contributed by atoms with van der Waals surface area (Å²) in [6, 6.07) is 5.27. The second kappa shape index (κ2) is 5.54. The monoisotopic (exact) mass is 302 g/mol. The molecule has 1 aromatic heterocycles. The SMILES string of the molecule is Nc1ncnc(NCc2ccccc2C(F)(F)F)c1Cl. The van der Waals surface area contributed by atoms with Crippen LogP contribution in [0.15, 0.2) is 30.6 Å². The fourth-order valence-corrected chi connectivity index (χ4v) is 1.80. The van der Waals surface area contributed by atoms with Crippen molar-refractivity contribution in [2.75, 3.05) is 11.1 Å². The summed E-state index contributed by atoms with van der Waals surface area (Å²) >= 11 is 5.85. The van der Waals surface area contributed by atoms with Crippen molar-refractivity contribution < 1.29 is 13.2 Å². The Morgan fingerprint density at radius 3 is 2.60 bits per heavy atom. The maximum absolute atomic E-state index is 12.8. The molecule has 0 aliphatic carbocycles. The zero-order valence-corrected chi connectivity index (χ0v) is 10.8. The van der Waals surface area contributed by atoms with Crippen LogP contribution in [0.1, 0.15) is 11.1 Å². The number of nitrogens with zero attached hydrogens (tertiary/aromatic N) is 2. The van der Waals surface area contributed by atoms with E-state index in [4.69, 9.17) is 17.3 Å². The summed E-state index contributed by atoms with van der Waals surface area (Å²) in [4.78, 5) is 7.50. The fraction of sp³-hybridized carbons (Fsp3) is 0.167. The minimum absolute atomic E-state index is 0.0632. The number of nitrogen functional groups attached to an aromatic ring is 1. The molecule has 0 atom stereocenters. The number of nitrogens with one attached hydrogen (secondary N) is 1. The summed E-state index contributed by atoms with van der Waals surface area (Å²) in [5, 5.41) is 2.80. The van der Waals surface area contributed by atoms with Gasteiger partial charge in [-0.15, -0.1) is 0 Å². The summed E-state index contributed by atoms with van der Waals surface area (Å²) < 4.78 is 38.5. The van der Waals surface area contributed by atoms with E-state index in [1.165, 1.54) is 24.5 Å². The van der Waals surface area contributed by atoms with Crippen molar-refractivity contribution in [3.63, 3.8) is 0 Å². The molecule has 4 nitrogen and oxygen atoms in total. The Morgan fingerprint density at radius 2 is 1.90 bits per heavy atom. The molecule has 2 aromatic rings. The molecular weight excluding hydrogens is 293 g/mol. The lowest BCUT2D eigenvalue weighted by atomic mass is 10.1. The maximum Gasteiger partial charge on any atom is 0.416 e. The van der Waals surface area contributed by atoms with Crippen LogP contribution in [0.3, 0.4) is 0 Å². The summed E-state index contributed by atoms with van der Waals surface area (Å²) in [5.74, 6) is 0.254. The Labute approximate surface area is 117 Å². The van der Waals surface area contributed by atoms with Crippen molar-refractivity contribution in [1.29, 1.82) is 0 Å². The number of hydrogen-bond donors (Lipinski definition) is 2. The molecule has 0 radical (unpaired) electrons. The highest BCUT2D eigenvalue weighted by Gasteiger charge is 2.32. The highest BCUT2D eigenvalue weighted by Crippen LogP contribution is 2.32. The van der Waals surface area contributed by atoms with Gasteiger partial charge in [-0.25, -0.2) is 9.97 Å². The van der Waals surface area contributed by atoms with Crippen LogP contribution in [0, 0.1) is 0 Å². The van der Waals surface area contributed by atoms with Gasteiger partial charge in [0.2, 0.25) is 0 Å². The first kappa shape index (κ1) is 14.4. The molecule has 0 aliphatic rings. The van der Waals surface area contributed by atoms with Crippen LogP contribution >= 0.6 is 11.6 Å². The number of nitrogens with two attached hydrogens (primary N) is 1. The Morgan fingerprint density at radius 1 is 1.20 bits per heavy atom. The Kier molecular flexibility index (Phi) is 3.99. The van der Waals surface area contributed by atoms with E-state index in [-0.39, 0.29) is 28.8 Å². The van der Waals surface area contributed by atoms with Gasteiger partial charge >= 0.3 is 6.18 Å². The van der Waals surface area contributed by atoms with Crippen LogP contribution in [0.2, 0.25) is 5.02 Å². The highest BCUT2D eigenvalue weighted by atomic mass is 35.5. The minimum Gasteiger partial charge on any atom is -0.382 e. The zero-order chi connectivity index (χ0) is 14.8. The number of hydrogen-bond acceptors (Lipinski definition) is 4. The molecule has 8 heteroatoms. The van der Waals surface area contributed by atoms with E-state index in [0.29, 0.717) is 0 Å². The largest absolute Gasteiger partial charge is 0.416 e. The van der Waals surface area contributed by atoms with Crippen molar-refractivity contribution in [1.82, 2.24) is 9.97 Å². The van der Waals surface area contributed by atoms with Crippen molar-refractivity contribution in [3.8, 4) is 0 Å². The molecular formula is C12H10ClF3N4. The van der Waals surface area contributed by atoms with Gasteiger partial charge in [-0.1, -0.05) is 29.8 Å². The highest BCUT2D eigenvalue weighted by molar-refractivity contribution is 6.35. The van der Waals surface area contributed by atoms with E-state index >= 15 is 0 Å². The number of rotatable bonds is 3. The molecule has 0 amide bonds. The van der Waals surface area contributed by atoms with Crippen LogP contribution in [0.25, 0.3) is 0 Å². The third-order valence-corrected chi connectivity index (χ3v) is 2.96. The van der Waals surface area contributed by atoms with Crippen LogP contribution in [0.4, 0.5) is 24.8 Å². The summed E-state index contributed by atoms with van der Waals surface area (Å²) in [5.41, 5.74) is 4.87. The van der Waals surface area contributed by atoms with Crippen LogP contribution in [0.5, 0.6) is 0 Å². The fourth-order valence-electron chi connectivity index (χ4n) is 1.64. The molecule has 1 heterocycles. The van der Waals surface area contributed by atoms with Crippen LogP contribution in [-0.2, 0) is 12.7 Å². The number of benzene rings is 1. The first-order valence-electron chi connectivity index (χ1n) is 5.54. The number of anilines is 2. The minimum atomic E-state index is -4.41. The van der Waals surface area contributed by atoms with Crippen molar-refractivity contribution in [2.45, 2.75) is 12.7 Å². The van der Waals surface area contributed by atoms with Gasteiger partial charge in [-0.05, 0) is 11.6 Å². The molecule has 20 heavy (non-hydrogen) atoms. The Hall–Kier alpha value is -2.02. The summed E-state index contributed by atoms with van der Waals surface area (Å²) in [7, 11) is 0. The molecule has 0 fully saturated rings. The number of alkyl halides is 3. The molecule has 0 saturated carbocycles. The molecule has 2 rings (SSSR count). The summed E-state index contributed by atoms with van der Waals surface area (Å²) in [6.07, 6.45) is -3.23. The van der Waals surface area contributed by atoms with E-state index in [2.05, 4.69) is 15.3 Å². The average Bonchev–Trinajstić information content (AvgIpc) is 2.40. The molecule has 1 aromatic carbocycles. The molecule has 0 bridgehead atoms. The molecule has 106 valence electrons. The Bertz CT molecular complexity index is 616. The first-order valence-corrected chi connectivity index (χ1v) is 5.92. The van der Waals surface area contributed by atoms with Gasteiger partial charge in [-0.2, -0.15) is 13.2 Å². The first-order chi connectivity index (χ1) is 9.39. The van der Waals surface area contributed by atoms with Crippen LogP contribution in [-0.4, -0.2) is 9.97 Å². The van der Waals surface area contributed by atoms with Gasteiger partial charge in [0.05, 0.1) is 5.56 Å². The third kappa shape index (κ3) is 3.11. The normalized spacial score (nSPS) is 11.4. The second-order valence-corrected chi connectivity index (χ2v) is 4.31. The smallest absolute Gasteiger partial charge is 0.382 e. The third-order valence-electron chi connectivity index (χ3n) is 2.59. The van der Waals surface area contributed by atoms with Gasteiger partial charge in [0.1, 0.15) is 17.2 Å². The predicted molar refractivity (Wildman–Crippen MR) is 70.2 cm³/mol. The Balaban J connectivity index is 2.22. The quantitative estimate of drug-likeness (QED) is 0.912. The second-order valence-electron chi connectivity index (χ2n) is 3.93. The zero-order valence-electron chi connectivity index (χ0n) is 10.1. The maximum atomic E-state index is 12.8. The van der Waals surface area contributed by atoms with Gasteiger partial charge in [0.25, 0.3) is 0 Å². The van der Waals surface area contributed by atoms with Gasteiger partial charge in [0.15, 0.2) is 5.82 Å². The van der Waals surface area contributed by atoms with Crippen molar-refractivity contribution in [2.24, 2.45) is 0 Å². The number of aromatic nitrogens is 2. The molecule has 3 N–H and O–H groups in total. The van der Waals surface area contributed by atoms with E-state index in [9.17, 15) is 13.2 Å². The molecule has 0 saturated heterocycles. The van der Waals surface area contributed by atoms with Crippen LogP contribution < -0.4 is 11.1 Å². The van der Waals surface area contributed by atoms with Gasteiger partial charge < -0.3 is 11.1 Å². The molecule has 0 spiro atoms. The molecule has 0 aliphatic heterocycles. The lowest BCUT2D eigenvalue weighted by Gasteiger charge is -2.14. The van der Waals surface area contributed by atoms with E-state index in [1.807, 2.05) is 0 Å². The van der Waals surface area contributed by atoms with E-state index in [1.54, 1.807) is 0 Å². The van der Waals surface area contributed by atoms with Gasteiger partial charge in [-0.3, -0.25) is 0 Å². The van der Waals surface area contributed by atoms with Crippen molar-refractivity contribution >= 4 is 23.2 Å². The topological polar surface area (TPSA) is 63.8 Å². The number of halogens is 4. The average molecular weight is 303 g/mol. The summed E-state index contributed by atoms with van der Waals surface area (Å²) in [6.45, 7) is -0.0775. The molecule has 0 unspecified atom stereocenters. The standard InChI is InChI=1S/C12H10ClF3N4/c13-9-10(17)19-6-20-11(9)18-5-7-3-1-2-4-8(7)12(14,15)16/h1-4,6H,5H2,(H3,17,18,19,20). The van der Waals surface area contributed by atoms with E-state index in [0.717, 1.165) is 6.07 Å². The predicted octanol–water partition coefficient (Wildman–Crippen LogP) is 3.34. The lowest BCUT2D eigenvalue weighted by molar-refractivity contribution is -0.138. The lowest BCUT2D eigenvalue weighted by Crippen LogP contribution is -2.12. The van der Waals surface area contributed by atoms with Gasteiger partial charge in [0, 0.05) is 6.54 Å².